The molecule has 22 heavy (non-hydrogen) atoms. The van der Waals surface area contributed by atoms with Crippen LogP contribution in [0, 0.1) is 11.8 Å². The Hall–Kier alpha value is -0.130. The van der Waals surface area contributed by atoms with Gasteiger partial charge in [0.05, 0.1) is 5.75 Å². The number of hydrogen-bond acceptors (Lipinski definition) is 3. The van der Waals surface area contributed by atoms with Gasteiger partial charge in [-0.15, -0.1) is 0 Å². The quantitative estimate of drug-likeness (QED) is 0.696. The second-order valence-corrected chi connectivity index (χ2v) is 9.22. The number of unbranched alkanes of at least 4 members (excludes halogenated alkanes) is 1. The lowest BCUT2D eigenvalue weighted by atomic mass is 9.93. The summed E-state index contributed by atoms with van der Waals surface area (Å²) >= 11 is 0. The summed E-state index contributed by atoms with van der Waals surface area (Å²) in [4.78, 5) is 0. The van der Waals surface area contributed by atoms with Crippen molar-refractivity contribution in [2.45, 2.75) is 64.7 Å². The molecule has 2 aliphatic rings. The zero-order valence-electron chi connectivity index (χ0n) is 14.2. The highest BCUT2D eigenvalue weighted by Gasteiger charge is 2.27. The maximum Gasteiger partial charge on any atom is 0.214 e. The highest BCUT2D eigenvalue weighted by Crippen LogP contribution is 2.24. The van der Waals surface area contributed by atoms with E-state index in [-0.39, 0.29) is 0 Å². The molecule has 2 aliphatic heterocycles. The van der Waals surface area contributed by atoms with Crippen LogP contribution in [0.25, 0.3) is 0 Å². The van der Waals surface area contributed by atoms with E-state index in [4.69, 9.17) is 0 Å². The minimum Gasteiger partial charge on any atom is -0.317 e. The van der Waals surface area contributed by atoms with E-state index in [0.29, 0.717) is 5.75 Å². The van der Waals surface area contributed by atoms with Gasteiger partial charge in [0.2, 0.25) is 10.0 Å². The van der Waals surface area contributed by atoms with Gasteiger partial charge in [0.1, 0.15) is 0 Å². The molecule has 5 heteroatoms. The molecule has 2 fully saturated rings. The Kier molecular flexibility index (Phi) is 7.65. The average Bonchev–Trinajstić information content (AvgIpc) is 2.53. The van der Waals surface area contributed by atoms with Gasteiger partial charge < -0.3 is 5.32 Å². The van der Waals surface area contributed by atoms with Crippen LogP contribution in [0.15, 0.2) is 0 Å². The second-order valence-electron chi connectivity index (χ2n) is 7.14. The number of piperidine rings is 2. The van der Waals surface area contributed by atoms with E-state index in [1.54, 1.807) is 4.31 Å². The van der Waals surface area contributed by atoms with Crippen LogP contribution in [0.1, 0.15) is 64.7 Å². The Labute approximate surface area is 137 Å². The van der Waals surface area contributed by atoms with Crippen molar-refractivity contribution in [2.24, 2.45) is 11.8 Å². The minimum absolute atomic E-state index is 0.358. The molecule has 0 aliphatic carbocycles. The zero-order chi connectivity index (χ0) is 15.8. The molecule has 0 atom stereocenters. The molecule has 0 saturated carbocycles. The maximum atomic E-state index is 12.4. The van der Waals surface area contributed by atoms with E-state index < -0.39 is 10.0 Å². The van der Waals surface area contributed by atoms with Crippen LogP contribution in [0.3, 0.4) is 0 Å². The Morgan fingerprint density at radius 3 is 2.23 bits per heavy atom. The summed E-state index contributed by atoms with van der Waals surface area (Å²) in [6, 6.07) is 0. The molecule has 0 aromatic rings. The standard InChI is InChI=1S/C17H34N2O2S/c1-2-5-16-9-13-19(14-10-16)22(20,21)15-4-3-6-17-7-11-18-12-8-17/h16-18H,2-15H2,1H3. The van der Waals surface area contributed by atoms with E-state index in [9.17, 15) is 8.42 Å². The van der Waals surface area contributed by atoms with Crippen molar-refractivity contribution < 1.29 is 8.42 Å². The molecule has 0 bridgehead atoms. The van der Waals surface area contributed by atoms with Gasteiger partial charge >= 0.3 is 0 Å². The van der Waals surface area contributed by atoms with Crippen LogP contribution in [0.4, 0.5) is 0 Å². The molecule has 0 amide bonds. The fourth-order valence-corrected chi connectivity index (χ4v) is 5.50. The SMILES string of the molecule is CCCC1CCN(S(=O)(=O)CCCCC2CCNCC2)CC1. The molecular weight excluding hydrogens is 296 g/mol. The number of nitrogens with one attached hydrogen (secondary N) is 1. The Morgan fingerprint density at radius 1 is 0.955 bits per heavy atom. The van der Waals surface area contributed by atoms with Gasteiger partial charge in [-0.25, -0.2) is 12.7 Å². The smallest absolute Gasteiger partial charge is 0.214 e. The molecule has 0 aromatic carbocycles. The van der Waals surface area contributed by atoms with Crippen LogP contribution in [0.2, 0.25) is 0 Å². The molecule has 1 N–H and O–H groups in total. The van der Waals surface area contributed by atoms with E-state index in [0.717, 1.165) is 63.7 Å². The summed E-state index contributed by atoms with van der Waals surface area (Å²) in [5, 5.41) is 3.38. The molecule has 2 rings (SSSR count). The van der Waals surface area contributed by atoms with E-state index in [2.05, 4.69) is 12.2 Å². The third-order valence-electron chi connectivity index (χ3n) is 5.39. The predicted octanol–water partition coefficient (Wildman–Crippen LogP) is 3.00. The fraction of sp³-hybridized carbons (Fsp3) is 1.00. The average molecular weight is 331 g/mol. The molecule has 2 saturated heterocycles. The van der Waals surface area contributed by atoms with Gasteiger partial charge in [0, 0.05) is 13.1 Å². The zero-order valence-corrected chi connectivity index (χ0v) is 15.0. The first kappa shape index (κ1) is 18.2. The van der Waals surface area contributed by atoms with Gasteiger partial charge in [-0.2, -0.15) is 0 Å². The minimum atomic E-state index is -3.00. The van der Waals surface area contributed by atoms with Gasteiger partial charge in [-0.1, -0.05) is 32.6 Å². The normalized spacial score (nSPS) is 23.0. The molecule has 0 spiro atoms. The Morgan fingerprint density at radius 2 is 1.59 bits per heavy atom. The summed E-state index contributed by atoms with van der Waals surface area (Å²) in [5.41, 5.74) is 0. The summed E-state index contributed by atoms with van der Waals surface area (Å²) in [7, 11) is -3.00. The summed E-state index contributed by atoms with van der Waals surface area (Å²) in [6.45, 7) is 5.99. The highest BCUT2D eigenvalue weighted by atomic mass is 32.2. The van der Waals surface area contributed by atoms with Gasteiger partial charge in [0.25, 0.3) is 0 Å². The van der Waals surface area contributed by atoms with Gasteiger partial charge in [-0.3, -0.25) is 0 Å². The molecule has 0 radical (unpaired) electrons. The largest absolute Gasteiger partial charge is 0.317 e. The lowest BCUT2D eigenvalue weighted by Crippen LogP contribution is -2.39. The predicted molar refractivity (Wildman–Crippen MR) is 92.4 cm³/mol. The van der Waals surface area contributed by atoms with Crippen LogP contribution < -0.4 is 5.32 Å². The van der Waals surface area contributed by atoms with Crippen LogP contribution in [0.5, 0.6) is 0 Å². The van der Waals surface area contributed by atoms with E-state index in [1.807, 2.05) is 0 Å². The second kappa shape index (κ2) is 9.24. The van der Waals surface area contributed by atoms with Crippen molar-refractivity contribution in [3.8, 4) is 0 Å². The number of hydrogen-bond donors (Lipinski definition) is 1. The lowest BCUT2D eigenvalue weighted by molar-refractivity contribution is 0.262. The van der Waals surface area contributed by atoms with Crippen molar-refractivity contribution in [3.63, 3.8) is 0 Å². The monoisotopic (exact) mass is 330 g/mol. The summed E-state index contributed by atoms with van der Waals surface area (Å²) in [6.07, 6.45) is 10.2. The van der Waals surface area contributed by atoms with Crippen molar-refractivity contribution in [1.82, 2.24) is 9.62 Å². The topological polar surface area (TPSA) is 49.4 Å². The van der Waals surface area contributed by atoms with Crippen molar-refractivity contribution in [1.29, 1.82) is 0 Å². The molecule has 2 heterocycles. The highest BCUT2D eigenvalue weighted by molar-refractivity contribution is 7.89. The Balaban J connectivity index is 1.63. The van der Waals surface area contributed by atoms with Crippen LogP contribution in [-0.4, -0.2) is 44.7 Å². The van der Waals surface area contributed by atoms with Crippen LogP contribution >= 0.6 is 0 Å². The first-order chi connectivity index (χ1) is 10.6. The molecule has 0 aromatic heterocycles. The van der Waals surface area contributed by atoms with Gasteiger partial charge in [0.15, 0.2) is 0 Å². The number of rotatable bonds is 8. The van der Waals surface area contributed by atoms with Crippen molar-refractivity contribution in [2.75, 3.05) is 31.9 Å². The molecular formula is C17H34N2O2S. The third kappa shape index (κ3) is 5.82. The molecule has 0 unspecified atom stereocenters. The summed E-state index contributed by atoms with van der Waals surface area (Å²) in [5.74, 6) is 1.92. The van der Waals surface area contributed by atoms with E-state index >= 15 is 0 Å². The number of sulfonamides is 1. The molecule has 4 nitrogen and oxygen atoms in total. The first-order valence-electron chi connectivity index (χ1n) is 9.30. The summed E-state index contributed by atoms with van der Waals surface area (Å²) < 4.78 is 26.6. The van der Waals surface area contributed by atoms with Crippen molar-refractivity contribution >= 4 is 10.0 Å². The maximum absolute atomic E-state index is 12.4. The Bertz CT molecular complexity index is 397. The van der Waals surface area contributed by atoms with Crippen molar-refractivity contribution in [3.05, 3.63) is 0 Å². The first-order valence-corrected chi connectivity index (χ1v) is 10.9. The van der Waals surface area contributed by atoms with Crippen LogP contribution in [-0.2, 0) is 10.0 Å². The number of nitrogens with zero attached hydrogens (tertiary/aromatic N) is 1. The van der Waals surface area contributed by atoms with Gasteiger partial charge in [-0.05, 0) is 57.0 Å². The lowest BCUT2D eigenvalue weighted by Gasteiger charge is -2.31. The molecule has 130 valence electrons. The fourth-order valence-electron chi connectivity index (χ4n) is 3.90. The third-order valence-corrected chi connectivity index (χ3v) is 7.34. The van der Waals surface area contributed by atoms with E-state index in [1.165, 1.54) is 32.1 Å².